The largest absolute Gasteiger partial charge is 0.351 e. The van der Waals surface area contributed by atoms with Gasteiger partial charge in [0.2, 0.25) is 7.28 Å². The molecule has 0 aliphatic carbocycles. The van der Waals surface area contributed by atoms with E-state index in [1.54, 1.807) is 0 Å². The van der Waals surface area contributed by atoms with Crippen molar-refractivity contribution in [1.82, 2.24) is 10.1 Å². The third-order valence-corrected chi connectivity index (χ3v) is 1.82. The van der Waals surface area contributed by atoms with Crippen molar-refractivity contribution < 1.29 is 4.52 Å². The summed E-state index contributed by atoms with van der Waals surface area (Å²) in [6.45, 7) is 12.7. The lowest BCUT2D eigenvalue weighted by molar-refractivity contribution is 0.410. The quantitative estimate of drug-likeness (QED) is 0.638. The van der Waals surface area contributed by atoms with Crippen molar-refractivity contribution in [2.24, 2.45) is 0 Å². The second-order valence-corrected chi connectivity index (χ2v) is 6.00. The molecule has 0 amide bonds. The third kappa shape index (κ3) is 3.16. The number of rotatable bonds is 1. The van der Waals surface area contributed by atoms with E-state index >= 15 is 0 Å². The van der Waals surface area contributed by atoms with Crippen LogP contribution in [0.4, 0.5) is 0 Å². The van der Waals surface area contributed by atoms with Crippen molar-refractivity contribution in [3.63, 3.8) is 0 Å². The van der Waals surface area contributed by atoms with Crippen LogP contribution in [0.2, 0.25) is 5.31 Å². The van der Waals surface area contributed by atoms with Crippen LogP contribution in [0.5, 0.6) is 0 Å². The molecule has 78 valence electrons. The second kappa shape index (κ2) is 3.41. The molecular weight excluding hydrogens is 175 g/mol. The highest BCUT2D eigenvalue weighted by molar-refractivity contribution is 6.53. The molecule has 1 heterocycles. The Hall–Kier alpha value is -0.795. The average molecular weight is 194 g/mol. The summed E-state index contributed by atoms with van der Waals surface area (Å²) >= 11 is 0. The van der Waals surface area contributed by atoms with Crippen LogP contribution in [0.15, 0.2) is 4.52 Å². The molecule has 0 saturated carbocycles. The van der Waals surface area contributed by atoms with Crippen molar-refractivity contribution in [2.75, 3.05) is 0 Å². The van der Waals surface area contributed by atoms with Crippen LogP contribution >= 0.6 is 0 Å². The van der Waals surface area contributed by atoms with E-state index in [4.69, 9.17) is 4.52 Å². The van der Waals surface area contributed by atoms with Gasteiger partial charge in [-0.15, -0.1) is 0 Å². The highest BCUT2D eigenvalue weighted by Gasteiger charge is 2.24. The van der Waals surface area contributed by atoms with Gasteiger partial charge in [-0.3, -0.25) is 0 Å². The Morgan fingerprint density at radius 1 is 1.07 bits per heavy atom. The Bertz CT molecular complexity index is 307. The van der Waals surface area contributed by atoms with E-state index in [0.717, 1.165) is 18.9 Å². The molecule has 14 heavy (non-hydrogen) atoms. The Balaban J connectivity index is 2.79. The number of hydrogen-bond acceptors (Lipinski definition) is 3. The fourth-order valence-electron chi connectivity index (χ4n) is 1.08. The maximum absolute atomic E-state index is 5.21. The Morgan fingerprint density at radius 2 is 1.64 bits per heavy atom. The van der Waals surface area contributed by atoms with Gasteiger partial charge in [0.15, 0.2) is 11.6 Å². The first-order chi connectivity index (χ1) is 6.18. The van der Waals surface area contributed by atoms with Gasteiger partial charge in [0, 0.05) is 5.41 Å². The minimum Gasteiger partial charge on any atom is -0.351 e. The van der Waals surface area contributed by atoms with E-state index in [1.165, 1.54) is 0 Å². The maximum atomic E-state index is 5.21. The molecule has 0 N–H and O–H groups in total. The first-order valence-corrected chi connectivity index (χ1v) is 5.01. The van der Waals surface area contributed by atoms with Crippen molar-refractivity contribution in [2.45, 2.75) is 52.3 Å². The number of nitrogens with zero attached hydrogens (tertiary/aromatic N) is 2. The summed E-state index contributed by atoms with van der Waals surface area (Å²) in [4.78, 5) is 4.39. The van der Waals surface area contributed by atoms with Crippen LogP contribution in [0.1, 0.15) is 47.4 Å². The minimum atomic E-state index is -0.0281. The van der Waals surface area contributed by atoms with Gasteiger partial charge in [0.05, 0.1) is 0 Å². The highest BCUT2D eigenvalue weighted by Crippen LogP contribution is 2.20. The molecule has 0 spiro atoms. The van der Waals surface area contributed by atoms with Crippen LogP contribution in [-0.4, -0.2) is 17.4 Å². The lowest BCUT2D eigenvalue weighted by Gasteiger charge is -2.13. The van der Waals surface area contributed by atoms with Crippen molar-refractivity contribution >= 4 is 13.1 Å². The Kier molecular flexibility index (Phi) is 2.75. The molecule has 1 rings (SSSR count). The van der Waals surface area contributed by atoms with E-state index in [-0.39, 0.29) is 10.7 Å². The molecular formula is C10H19BN2O. The minimum absolute atomic E-state index is 0.0281. The summed E-state index contributed by atoms with van der Waals surface area (Å²) in [5.74, 6) is 1.53. The molecule has 0 unspecified atom stereocenters. The zero-order valence-electron chi connectivity index (χ0n) is 10.0. The van der Waals surface area contributed by atoms with Crippen molar-refractivity contribution in [3.8, 4) is 0 Å². The van der Waals surface area contributed by atoms with E-state index < -0.39 is 0 Å². The molecule has 0 saturated heterocycles. The molecule has 0 aliphatic rings. The summed E-state index contributed by atoms with van der Waals surface area (Å²) < 4.78 is 5.21. The molecule has 0 bridgehead atoms. The fraction of sp³-hybridized carbons (Fsp3) is 0.800. The zero-order chi connectivity index (χ0) is 11.0. The van der Waals surface area contributed by atoms with Gasteiger partial charge < -0.3 is 4.52 Å². The monoisotopic (exact) mass is 194 g/mol. The summed E-state index contributed by atoms with van der Waals surface area (Å²) in [6.07, 6.45) is 0. The van der Waals surface area contributed by atoms with Crippen molar-refractivity contribution in [1.29, 1.82) is 0 Å². The van der Waals surface area contributed by atoms with Crippen LogP contribution in [0.3, 0.4) is 0 Å². The van der Waals surface area contributed by atoms with Crippen LogP contribution in [0, 0.1) is 0 Å². The third-order valence-electron chi connectivity index (χ3n) is 1.82. The van der Waals surface area contributed by atoms with E-state index in [1.807, 2.05) is 0 Å². The molecule has 3 nitrogen and oxygen atoms in total. The first kappa shape index (κ1) is 11.3. The smallest absolute Gasteiger partial charge is 0.240 e. The summed E-state index contributed by atoms with van der Waals surface area (Å²) in [5.41, 5.74) is -0.0281. The Labute approximate surface area is 86.5 Å². The van der Waals surface area contributed by atoms with Crippen LogP contribution in [-0.2, 0) is 5.41 Å². The SMILES string of the molecule is CC(C)(C)Bc1nc(C(C)(C)C)no1. The normalized spacial score (nSPS) is 13.0. The molecule has 1 aromatic heterocycles. The van der Waals surface area contributed by atoms with Gasteiger partial charge in [-0.2, -0.15) is 0 Å². The first-order valence-electron chi connectivity index (χ1n) is 5.01. The number of hydrogen-bond donors (Lipinski definition) is 0. The summed E-state index contributed by atoms with van der Waals surface area (Å²) in [7, 11) is 0.829. The predicted molar refractivity (Wildman–Crippen MR) is 59.5 cm³/mol. The van der Waals surface area contributed by atoms with E-state index in [9.17, 15) is 0 Å². The van der Waals surface area contributed by atoms with Crippen molar-refractivity contribution in [3.05, 3.63) is 5.82 Å². The average Bonchev–Trinajstić information content (AvgIpc) is 2.29. The van der Waals surface area contributed by atoms with Gasteiger partial charge in [0.1, 0.15) is 0 Å². The van der Waals surface area contributed by atoms with Gasteiger partial charge in [-0.1, -0.05) is 52.0 Å². The molecule has 0 aliphatic heterocycles. The zero-order valence-corrected chi connectivity index (χ0v) is 10.0. The van der Waals surface area contributed by atoms with Gasteiger partial charge >= 0.3 is 0 Å². The number of aromatic nitrogens is 2. The van der Waals surface area contributed by atoms with Crippen LogP contribution < -0.4 is 5.79 Å². The van der Waals surface area contributed by atoms with Gasteiger partial charge in [-0.25, -0.2) is 4.98 Å². The topological polar surface area (TPSA) is 38.9 Å². The highest BCUT2D eigenvalue weighted by atomic mass is 16.5. The summed E-state index contributed by atoms with van der Waals surface area (Å²) in [5, 5.41) is 4.18. The maximum Gasteiger partial charge on any atom is 0.240 e. The fourth-order valence-corrected chi connectivity index (χ4v) is 1.08. The standard InChI is InChI=1S/C10H19BN2O/c1-9(2,3)7-12-8(14-13-7)11-10(4,5)6/h11H,1-6H3. The summed E-state index contributed by atoms with van der Waals surface area (Å²) in [6, 6.07) is 0. The second-order valence-electron chi connectivity index (χ2n) is 6.00. The molecule has 1 aromatic rings. The molecule has 0 radical (unpaired) electrons. The van der Waals surface area contributed by atoms with E-state index in [0.29, 0.717) is 0 Å². The predicted octanol–water partition coefficient (Wildman–Crippen LogP) is 1.65. The lowest BCUT2D eigenvalue weighted by atomic mass is 9.55. The van der Waals surface area contributed by atoms with Gasteiger partial charge in [-0.05, 0) is 0 Å². The Morgan fingerprint density at radius 3 is 2.00 bits per heavy atom. The van der Waals surface area contributed by atoms with Gasteiger partial charge in [0.25, 0.3) is 0 Å². The molecule has 4 heteroatoms. The molecule has 0 aromatic carbocycles. The van der Waals surface area contributed by atoms with Crippen LogP contribution in [0.25, 0.3) is 0 Å². The molecule has 0 fully saturated rings. The lowest BCUT2D eigenvalue weighted by Crippen LogP contribution is -2.25. The van der Waals surface area contributed by atoms with E-state index in [2.05, 4.69) is 51.7 Å². The molecule has 0 atom stereocenters.